The molecule has 1 amide bonds. The Kier molecular flexibility index (Phi) is 6.14. The minimum absolute atomic E-state index is 0.0324. The number of ether oxygens (including phenoxy) is 2. The van der Waals surface area contributed by atoms with Gasteiger partial charge in [0.1, 0.15) is 19.0 Å². The second-order valence-electron chi connectivity index (χ2n) is 7.36. The van der Waals surface area contributed by atoms with Crippen LogP contribution in [-0.2, 0) is 4.79 Å². The predicted octanol–water partition coefficient (Wildman–Crippen LogP) is 2.97. The Balaban J connectivity index is 1.28. The van der Waals surface area contributed by atoms with Crippen molar-refractivity contribution in [3.8, 4) is 11.5 Å². The topological polar surface area (TPSA) is 81.0 Å². The van der Waals surface area contributed by atoms with Gasteiger partial charge in [0.15, 0.2) is 17.3 Å². The summed E-state index contributed by atoms with van der Waals surface area (Å²) in [6, 6.07) is 8.99. The van der Waals surface area contributed by atoms with Crippen molar-refractivity contribution in [3.63, 3.8) is 0 Å². The summed E-state index contributed by atoms with van der Waals surface area (Å²) in [5.74, 6) is 1.88. The van der Waals surface area contributed by atoms with Crippen molar-refractivity contribution in [2.45, 2.75) is 31.7 Å². The van der Waals surface area contributed by atoms with E-state index in [1.54, 1.807) is 24.5 Å². The van der Waals surface area contributed by atoms with Crippen LogP contribution in [0.25, 0.3) is 0 Å². The molecule has 2 aliphatic heterocycles. The first kappa shape index (κ1) is 19.5. The van der Waals surface area contributed by atoms with Crippen LogP contribution in [0, 0.1) is 0 Å². The van der Waals surface area contributed by atoms with Gasteiger partial charge in [0, 0.05) is 24.9 Å². The molecule has 7 nitrogen and oxygen atoms in total. The average molecular weight is 398 g/mol. The third-order valence-corrected chi connectivity index (χ3v) is 5.39. The fourth-order valence-corrected chi connectivity index (χ4v) is 3.83. The van der Waals surface area contributed by atoms with Gasteiger partial charge in [0.05, 0.1) is 12.3 Å². The molecule has 4 rings (SSSR count). The number of furan rings is 1. The summed E-state index contributed by atoms with van der Waals surface area (Å²) in [5, 5.41) is 2.97. The SMILES string of the molecule is O=C(CCC(=O)c1ccc2c(c1)OCCO2)NCC(c1ccco1)N1CCCC1. The van der Waals surface area contributed by atoms with Gasteiger partial charge >= 0.3 is 0 Å². The molecule has 2 aromatic rings. The number of nitrogens with zero attached hydrogens (tertiary/aromatic N) is 1. The highest BCUT2D eigenvalue weighted by Crippen LogP contribution is 2.31. The molecular weight excluding hydrogens is 372 g/mol. The van der Waals surface area contributed by atoms with Crippen LogP contribution >= 0.6 is 0 Å². The molecule has 1 atom stereocenters. The Morgan fingerprint density at radius 2 is 1.83 bits per heavy atom. The van der Waals surface area contributed by atoms with E-state index < -0.39 is 0 Å². The number of Topliss-reactive ketones (excluding diaryl/α,β-unsaturated/α-hetero) is 1. The van der Waals surface area contributed by atoms with E-state index in [9.17, 15) is 9.59 Å². The van der Waals surface area contributed by atoms with Crippen molar-refractivity contribution in [1.82, 2.24) is 10.2 Å². The van der Waals surface area contributed by atoms with Crippen LogP contribution in [0.15, 0.2) is 41.0 Å². The number of benzene rings is 1. The number of rotatable bonds is 8. The van der Waals surface area contributed by atoms with Gasteiger partial charge in [-0.15, -0.1) is 0 Å². The highest BCUT2D eigenvalue weighted by Gasteiger charge is 2.26. The van der Waals surface area contributed by atoms with Crippen LogP contribution in [0.2, 0.25) is 0 Å². The van der Waals surface area contributed by atoms with Crippen molar-refractivity contribution in [2.24, 2.45) is 0 Å². The van der Waals surface area contributed by atoms with E-state index in [1.165, 1.54) is 0 Å². The fraction of sp³-hybridized carbons (Fsp3) is 0.455. The maximum Gasteiger partial charge on any atom is 0.220 e. The lowest BCUT2D eigenvalue weighted by Crippen LogP contribution is -2.36. The number of nitrogens with one attached hydrogen (secondary N) is 1. The molecular formula is C22H26N2O5. The second kappa shape index (κ2) is 9.13. The molecule has 1 aromatic carbocycles. The van der Waals surface area contributed by atoms with E-state index in [4.69, 9.17) is 13.9 Å². The number of amides is 1. The molecule has 1 N–H and O–H groups in total. The van der Waals surface area contributed by atoms with Crippen LogP contribution < -0.4 is 14.8 Å². The minimum atomic E-state index is -0.133. The number of hydrogen-bond acceptors (Lipinski definition) is 6. The Labute approximate surface area is 170 Å². The second-order valence-corrected chi connectivity index (χ2v) is 7.36. The Hall–Kier alpha value is -2.80. The number of carbonyl (C=O) groups is 2. The summed E-state index contributed by atoms with van der Waals surface area (Å²) in [6.07, 6.45) is 4.29. The lowest BCUT2D eigenvalue weighted by molar-refractivity contribution is -0.121. The quantitative estimate of drug-likeness (QED) is 0.689. The first-order chi connectivity index (χ1) is 14.2. The van der Waals surface area contributed by atoms with Gasteiger partial charge < -0.3 is 19.2 Å². The Morgan fingerprint density at radius 3 is 2.59 bits per heavy atom. The molecule has 1 aromatic heterocycles. The molecule has 154 valence electrons. The zero-order valence-electron chi connectivity index (χ0n) is 16.4. The molecule has 1 fully saturated rings. The molecule has 2 aliphatic rings. The zero-order valence-corrected chi connectivity index (χ0v) is 16.4. The summed E-state index contributed by atoms with van der Waals surface area (Å²) in [7, 11) is 0. The number of carbonyl (C=O) groups excluding carboxylic acids is 2. The highest BCUT2D eigenvalue weighted by molar-refractivity contribution is 5.98. The van der Waals surface area contributed by atoms with Gasteiger partial charge in [-0.2, -0.15) is 0 Å². The van der Waals surface area contributed by atoms with Crippen molar-refractivity contribution >= 4 is 11.7 Å². The first-order valence-electron chi connectivity index (χ1n) is 10.2. The molecule has 0 bridgehead atoms. The monoisotopic (exact) mass is 398 g/mol. The van der Waals surface area contributed by atoms with Gasteiger partial charge in [0.2, 0.25) is 5.91 Å². The smallest absolute Gasteiger partial charge is 0.220 e. The lowest BCUT2D eigenvalue weighted by atomic mass is 10.1. The number of ketones is 1. The summed E-state index contributed by atoms with van der Waals surface area (Å²) < 4.78 is 16.6. The van der Waals surface area contributed by atoms with Crippen LogP contribution in [0.5, 0.6) is 11.5 Å². The van der Waals surface area contributed by atoms with Crippen molar-refractivity contribution < 1.29 is 23.5 Å². The van der Waals surface area contributed by atoms with E-state index in [-0.39, 0.29) is 30.6 Å². The maximum atomic E-state index is 12.5. The van der Waals surface area contributed by atoms with E-state index >= 15 is 0 Å². The lowest BCUT2D eigenvalue weighted by Gasteiger charge is -2.26. The molecule has 3 heterocycles. The largest absolute Gasteiger partial charge is 0.486 e. The number of fused-ring (bicyclic) bond motifs is 1. The first-order valence-corrected chi connectivity index (χ1v) is 10.2. The Bertz CT molecular complexity index is 843. The molecule has 0 saturated carbocycles. The van der Waals surface area contributed by atoms with E-state index in [2.05, 4.69) is 10.2 Å². The molecule has 0 aliphatic carbocycles. The van der Waals surface area contributed by atoms with Gasteiger partial charge in [0.25, 0.3) is 0 Å². The molecule has 7 heteroatoms. The van der Waals surface area contributed by atoms with Gasteiger partial charge in [-0.1, -0.05) is 0 Å². The summed E-state index contributed by atoms with van der Waals surface area (Å²) in [4.78, 5) is 27.1. The third kappa shape index (κ3) is 4.79. The summed E-state index contributed by atoms with van der Waals surface area (Å²) >= 11 is 0. The van der Waals surface area contributed by atoms with Crippen LogP contribution in [0.1, 0.15) is 47.8 Å². The molecule has 29 heavy (non-hydrogen) atoms. The number of hydrogen-bond donors (Lipinski definition) is 1. The summed E-state index contributed by atoms with van der Waals surface area (Å²) in [6.45, 7) is 3.47. The van der Waals surface area contributed by atoms with Crippen LogP contribution in [0.3, 0.4) is 0 Å². The zero-order chi connectivity index (χ0) is 20.1. The number of likely N-dealkylation sites (tertiary alicyclic amines) is 1. The van der Waals surface area contributed by atoms with E-state index in [0.29, 0.717) is 36.8 Å². The summed E-state index contributed by atoms with van der Waals surface area (Å²) in [5.41, 5.74) is 0.535. The average Bonchev–Trinajstić information content (AvgIpc) is 3.47. The van der Waals surface area contributed by atoms with Crippen molar-refractivity contribution in [1.29, 1.82) is 0 Å². The maximum absolute atomic E-state index is 12.5. The van der Waals surface area contributed by atoms with E-state index in [0.717, 1.165) is 31.7 Å². The molecule has 1 saturated heterocycles. The fourth-order valence-electron chi connectivity index (χ4n) is 3.83. The van der Waals surface area contributed by atoms with Crippen molar-refractivity contribution in [3.05, 3.63) is 47.9 Å². The van der Waals surface area contributed by atoms with Gasteiger partial charge in [-0.05, 0) is 56.3 Å². The molecule has 0 radical (unpaired) electrons. The highest BCUT2D eigenvalue weighted by atomic mass is 16.6. The van der Waals surface area contributed by atoms with Crippen molar-refractivity contribution in [2.75, 3.05) is 32.8 Å². The standard InChI is InChI=1S/C22H26N2O5/c25-18(16-5-7-20-21(14-16)29-13-12-28-20)6-8-22(26)23-15-17(19-4-3-11-27-19)24-9-1-2-10-24/h3-5,7,11,14,17H,1-2,6,8-10,12-13,15H2,(H,23,26). The normalized spacial score (nSPS) is 17.1. The van der Waals surface area contributed by atoms with Crippen LogP contribution in [-0.4, -0.2) is 49.4 Å². The van der Waals surface area contributed by atoms with Crippen LogP contribution in [0.4, 0.5) is 0 Å². The minimum Gasteiger partial charge on any atom is -0.486 e. The molecule has 1 unspecified atom stereocenters. The van der Waals surface area contributed by atoms with E-state index in [1.807, 2.05) is 12.1 Å². The molecule has 0 spiro atoms. The van der Waals surface area contributed by atoms with Gasteiger partial charge in [-0.25, -0.2) is 0 Å². The van der Waals surface area contributed by atoms with Gasteiger partial charge in [-0.3, -0.25) is 14.5 Å². The predicted molar refractivity (Wildman–Crippen MR) is 106 cm³/mol. The Morgan fingerprint density at radius 1 is 1.03 bits per heavy atom. The third-order valence-electron chi connectivity index (χ3n) is 5.39.